The number of aromatic nitrogens is 1. The minimum absolute atomic E-state index is 1.16. The number of fused-ring (bicyclic) bond motifs is 5. The van der Waals surface area contributed by atoms with E-state index in [1.165, 1.54) is 32.9 Å². The molecule has 88 valence electrons. The van der Waals surface area contributed by atoms with E-state index in [2.05, 4.69) is 60.2 Å². The van der Waals surface area contributed by atoms with Crippen molar-refractivity contribution >= 4 is 27.8 Å². The molecule has 18 heavy (non-hydrogen) atoms. The van der Waals surface area contributed by atoms with Gasteiger partial charge in [0.25, 0.3) is 0 Å². The third-order valence-electron chi connectivity index (χ3n) is 4.08. The van der Waals surface area contributed by atoms with E-state index < -0.39 is 0 Å². The molecule has 0 fully saturated rings. The van der Waals surface area contributed by atoms with Crippen LogP contribution < -0.4 is 0 Å². The second-order valence-corrected chi connectivity index (χ2v) is 5.04. The predicted molar refractivity (Wildman–Crippen MR) is 77.8 cm³/mol. The third-order valence-corrected chi connectivity index (χ3v) is 4.08. The van der Waals surface area contributed by atoms with Crippen molar-refractivity contribution in [2.24, 2.45) is 7.05 Å². The van der Waals surface area contributed by atoms with Gasteiger partial charge in [0.05, 0.1) is 0 Å². The van der Waals surface area contributed by atoms with Gasteiger partial charge in [0, 0.05) is 23.6 Å². The van der Waals surface area contributed by atoms with Crippen LogP contribution in [-0.4, -0.2) is 4.57 Å². The van der Waals surface area contributed by atoms with Gasteiger partial charge < -0.3 is 4.57 Å². The Morgan fingerprint density at radius 1 is 1.06 bits per heavy atom. The predicted octanol–water partition coefficient (Wildman–Crippen LogP) is 4.29. The van der Waals surface area contributed by atoms with Crippen molar-refractivity contribution in [3.05, 3.63) is 53.7 Å². The lowest BCUT2D eigenvalue weighted by Gasteiger charge is -2.07. The number of hydrogen-bond donors (Lipinski definition) is 0. The van der Waals surface area contributed by atoms with Crippen LogP contribution in [0.1, 0.15) is 17.7 Å². The van der Waals surface area contributed by atoms with E-state index in [1.54, 1.807) is 0 Å². The molecule has 1 aliphatic rings. The maximum Gasteiger partial charge on any atom is 0.0491 e. The first-order valence-corrected chi connectivity index (χ1v) is 6.52. The molecule has 0 atom stereocenters. The molecule has 0 N–H and O–H groups in total. The summed E-state index contributed by atoms with van der Waals surface area (Å²) in [6.45, 7) is 0. The summed E-state index contributed by atoms with van der Waals surface area (Å²) < 4.78 is 2.33. The molecule has 0 unspecified atom stereocenters. The maximum absolute atomic E-state index is 2.33. The quantitative estimate of drug-likeness (QED) is 0.546. The highest BCUT2D eigenvalue weighted by molar-refractivity contribution is 6.09. The Bertz CT molecular complexity index is 790. The van der Waals surface area contributed by atoms with E-state index >= 15 is 0 Å². The number of benzene rings is 2. The molecule has 0 spiro atoms. The lowest BCUT2D eigenvalue weighted by atomic mass is 9.97. The fourth-order valence-electron chi connectivity index (χ4n) is 3.21. The fourth-order valence-corrected chi connectivity index (χ4v) is 3.21. The molecule has 0 saturated carbocycles. The van der Waals surface area contributed by atoms with Crippen molar-refractivity contribution in [3.8, 4) is 0 Å². The molecule has 1 aliphatic carbocycles. The van der Waals surface area contributed by atoms with E-state index in [0.717, 1.165) is 12.8 Å². The van der Waals surface area contributed by atoms with Crippen molar-refractivity contribution < 1.29 is 0 Å². The Hall–Kier alpha value is -2.02. The summed E-state index contributed by atoms with van der Waals surface area (Å²) in [4.78, 5) is 0. The second kappa shape index (κ2) is 3.49. The Labute approximate surface area is 106 Å². The van der Waals surface area contributed by atoms with Gasteiger partial charge in [-0.1, -0.05) is 36.4 Å². The standard InChI is InChI=1S/C17H15N/c1-18-15-9-5-4-8-14(15)17-13-7-3-2-6-12(13)10-11-16(17)18/h2-3,5-7,9-11H,4,8H2,1H3. The van der Waals surface area contributed by atoms with Gasteiger partial charge in [-0.15, -0.1) is 0 Å². The molecule has 0 bridgehead atoms. The van der Waals surface area contributed by atoms with E-state index in [4.69, 9.17) is 0 Å². The molecule has 1 nitrogen and oxygen atoms in total. The number of allylic oxidation sites excluding steroid dienone is 1. The summed E-state index contributed by atoms with van der Waals surface area (Å²) >= 11 is 0. The monoisotopic (exact) mass is 233 g/mol. The normalized spacial score (nSPS) is 14.3. The van der Waals surface area contributed by atoms with Crippen molar-refractivity contribution in [1.29, 1.82) is 0 Å². The first-order chi connectivity index (χ1) is 8.86. The summed E-state index contributed by atoms with van der Waals surface area (Å²) in [5.74, 6) is 0. The average molecular weight is 233 g/mol. The molecule has 1 heterocycles. The Kier molecular flexibility index (Phi) is 1.93. The molecule has 4 rings (SSSR count). The summed E-state index contributed by atoms with van der Waals surface area (Å²) in [5.41, 5.74) is 4.25. The minimum atomic E-state index is 1.16. The summed E-state index contributed by atoms with van der Waals surface area (Å²) in [7, 11) is 2.17. The molecule has 0 aliphatic heterocycles. The van der Waals surface area contributed by atoms with E-state index in [9.17, 15) is 0 Å². The zero-order valence-electron chi connectivity index (χ0n) is 10.5. The number of nitrogens with zero attached hydrogens (tertiary/aromatic N) is 1. The van der Waals surface area contributed by atoms with Gasteiger partial charge in [-0.05, 0) is 41.3 Å². The Balaban J connectivity index is 2.28. The van der Waals surface area contributed by atoms with E-state index in [0.29, 0.717) is 0 Å². The van der Waals surface area contributed by atoms with Crippen molar-refractivity contribution in [3.63, 3.8) is 0 Å². The number of hydrogen-bond acceptors (Lipinski definition) is 0. The van der Waals surface area contributed by atoms with Gasteiger partial charge >= 0.3 is 0 Å². The van der Waals surface area contributed by atoms with Crippen molar-refractivity contribution in [2.45, 2.75) is 12.8 Å². The van der Waals surface area contributed by atoms with Gasteiger partial charge in [-0.25, -0.2) is 0 Å². The summed E-state index contributed by atoms with van der Waals surface area (Å²) in [5, 5.41) is 4.19. The number of aryl methyl sites for hydroxylation is 2. The number of rotatable bonds is 0. The third kappa shape index (κ3) is 1.16. The molecule has 1 heteroatoms. The second-order valence-electron chi connectivity index (χ2n) is 5.04. The van der Waals surface area contributed by atoms with Crippen LogP contribution in [0.2, 0.25) is 0 Å². The highest BCUT2D eigenvalue weighted by Gasteiger charge is 2.16. The fraction of sp³-hybridized carbons (Fsp3) is 0.176. The van der Waals surface area contributed by atoms with Crippen LogP contribution in [0, 0.1) is 0 Å². The summed E-state index contributed by atoms with van der Waals surface area (Å²) in [6, 6.07) is 13.2. The molecule has 0 saturated heterocycles. The SMILES string of the molecule is Cn1c2c(c3c4ccccc4ccc31)CCC=C2. The minimum Gasteiger partial charge on any atom is -0.344 e. The molecule has 0 radical (unpaired) electrons. The van der Waals surface area contributed by atoms with E-state index in [1.807, 2.05) is 0 Å². The van der Waals surface area contributed by atoms with Crippen LogP contribution in [0.15, 0.2) is 42.5 Å². The van der Waals surface area contributed by atoms with Crippen LogP contribution in [0.25, 0.3) is 27.8 Å². The lowest BCUT2D eigenvalue weighted by Crippen LogP contribution is -1.96. The maximum atomic E-state index is 2.33. The van der Waals surface area contributed by atoms with Gasteiger partial charge in [0.15, 0.2) is 0 Å². The molecule has 3 aromatic rings. The zero-order valence-corrected chi connectivity index (χ0v) is 10.5. The first-order valence-electron chi connectivity index (χ1n) is 6.52. The topological polar surface area (TPSA) is 4.93 Å². The van der Waals surface area contributed by atoms with Crippen LogP contribution in [-0.2, 0) is 13.5 Å². The molecule has 1 aromatic heterocycles. The lowest BCUT2D eigenvalue weighted by molar-refractivity contribution is 0.908. The van der Waals surface area contributed by atoms with Crippen molar-refractivity contribution in [2.75, 3.05) is 0 Å². The van der Waals surface area contributed by atoms with Crippen LogP contribution in [0.3, 0.4) is 0 Å². The average Bonchev–Trinajstić information content (AvgIpc) is 2.73. The zero-order chi connectivity index (χ0) is 12.1. The van der Waals surface area contributed by atoms with Gasteiger partial charge in [-0.2, -0.15) is 0 Å². The van der Waals surface area contributed by atoms with Crippen LogP contribution in [0.5, 0.6) is 0 Å². The summed E-state index contributed by atoms with van der Waals surface area (Å²) in [6.07, 6.45) is 6.88. The largest absolute Gasteiger partial charge is 0.344 e. The highest BCUT2D eigenvalue weighted by atomic mass is 14.9. The Morgan fingerprint density at radius 2 is 1.94 bits per heavy atom. The molecule has 0 amide bonds. The first kappa shape index (κ1) is 9.95. The van der Waals surface area contributed by atoms with Gasteiger partial charge in [0.1, 0.15) is 0 Å². The van der Waals surface area contributed by atoms with Crippen molar-refractivity contribution in [1.82, 2.24) is 4.57 Å². The molecular weight excluding hydrogens is 218 g/mol. The Morgan fingerprint density at radius 3 is 2.89 bits per heavy atom. The van der Waals surface area contributed by atoms with Gasteiger partial charge in [0.2, 0.25) is 0 Å². The molecular formula is C17H15N. The van der Waals surface area contributed by atoms with Crippen LogP contribution >= 0.6 is 0 Å². The van der Waals surface area contributed by atoms with E-state index in [-0.39, 0.29) is 0 Å². The highest BCUT2D eigenvalue weighted by Crippen LogP contribution is 2.35. The molecule has 2 aromatic carbocycles. The van der Waals surface area contributed by atoms with Crippen LogP contribution in [0.4, 0.5) is 0 Å². The smallest absolute Gasteiger partial charge is 0.0491 e. The van der Waals surface area contributed by atoms with Gasteiger partial charge in [-0.3, -0.25) is 0 Å².